The Morgan fingerprint density at radius 2 is 2.00 bits per heavy atom. The standard InChI is InChI=1S/C18H19F3N4O/c1-3-12-4-6-13(7-5-12)17-24-23-15(25(17)2)11-26-16-10-14(8-9-22-16)18(19,20)21/h1,8-10,12-13H,4-7,11H2,2H3. The van der Waals surface area contributed by atoms with Gasteiger partial charge in [-0.15, -0.1) is 22.5 Å². The molecule has 0 spiro atoms. The average molecular weight is 364 g/mol. The van der Waals surface area contributed by atoms with Crippen LogP contribution in [0.3, 0.4) is 0 Å². The summed E-state index contributed by atoms with van der Waals surface area (Å²) in [6.07, 6.45) is 5.96. The van der Waals surface area contributed by atoms with E-state index >= 15 is 0 Å². The zero-order valence-electron chi connectivity index (χ0n) is 14.3. The maximum atomic E-state index is 12.7. The summed E-state index contributed by atoms with van der Waals surface area (Å²) in [5.41, 5.74) is -0.800. The zero-order chi connectivity index (χ0) is 18.7. The molecule has 0 saturated heterocycles. The molecular weight excluding hydrogens is 345 g/mol. The minimum absolute atomic E-state index is 0.00247. The molecule has 0 amide bonds. The van der Waals surface area contributed by atoms with E-state index in [-0.39, 0.29) is 18.4 Å². The highest BCUT2D eigenvalue weighted by molar-refractivity contribution is 5.23. The van der Waals surface area contributed by atoms with Gasteiger partial charge in [0.05, 0.1) is 5.56 Å². The predicted octanol–water partition coefficient (Wildman–Crippen LogP) is 3.71. The van der Waals surface area contributed by atoms with Gasteiger partial charge in [0.25, 0.3) is 0 Å². The number of pyridine rings is 1. The third kappa shape index (κ3) is 3.98. The number of rotatable bonds is 4. The van der Waals surface area contributed by atoms with Crippen molar-refractivity contribution in [2.75, 3.05) is 0 Å². The molecule has 138 valence electrons. The zero-order valence-corrected chi connectivity index (χ0v) is 14.3. The summed E-state index contributed by atoms with van der Waals surface area (Å²) in [6.45, 7) is -0.00247. The Morgan fingerprint density at radius 1 is 1.27 bits per heavy atom. The minimum atomic E-state index is -4.43. The molecule has 2 aromatic rings. The maximum Gasteiger partial charge on any atom is 0.416 e. The number of ether oxygens (including phenoxy) is 1. The molecule has 0 aliphatic heterocycles. The summed E-state index contributed by atoms with van der Waals surface area (Å²) in [4.78, 5) is 3.81. The van der Waals surface area contributed by atoms with E-state index in [0.29, 0.717) is 11.7 Å². The van der Waals surface area contributed by atoms with Crippen LogP contribution < -0.4 is 4.74 Å². The topological polar surface area (TPSA) is 52.8 Å². The molecule has 2 heterocycles. The Morgan fingerprint density at radius 3 is 2.65 bits per heavy atom. The number of halogens is 3. The maximum absolute atomic E-state index is 12.7. The van der Waals surface area contributed by atoms with Crippen molar-refractivity contribution in [2.45, 2.75) is 44.4 Å². The quantitative estimate of drug-likeness (QED) is 0.776. The lowest BCUT2D eigenvalue weighted by atomic mass is 9.82. The lowest BCUT2D eigenvalue weighted by Gasteiger charge is -2.24. The number of aromatic nitrogens is 4. The summed E-state index contributed by atoms with van der Waals surface area (Å²) < 4.78 is 45.4. The molecule has 8 heteroatoms. The van der Waals surface area contributed by atoms with Gasteiger partial charge in [-0.05, 0) is 31.7 Å². The molecule has 1 aliphatic rings. The molecule has 1 fully saturated rings. The van der Waals surface area contributed by atoms with E-state index in [1.54, 1.807) is 0 Å². The minimum Gasteiger partial charge on any atom is -0.469 e. The molecule has 0 N–H and O–H groups in total. The summed E-state index contributed by atoms with van der Waals surface area (Å²) in [7, 11) is 1.83. The first kappa shape index (κ1) is 18.2. The molecular formula is C18H19F3N4O. The van der Waals surface area contributed by atoms with Crippen molar-refractivity contribution in [3.63, 3.8) is 0 Å². The third-order valence-corrected chi connectivity index (χ3v) is 4.74. The van der Waals surface area contributed by atoms with Crippen LogP contribution in [0.1, 0.15) is 48.8 Å². The second-order valence-electron chi connectivity index (χ2n) is 6.42. The Labute approximate surface area is 149 Å². The first-order chi connectivity index (χ1) is 12.4. The van der Waals surface area contributed by atoms with E-state index < -0.39 is 11.7 Å². The summed E-state index contributed by atoms with van der Waals surface area (Å²) in [5, 5.41) is 8.35. The smallest absolute Gasteiger partial charge is 0.416 e. The van der Waals surface area contributed by atoms with Crippen molar-refractivity contribution in [3.05, 3.63) is 35.5 Å². The molecule has 0 bridgehead atoms. The number of hydrogen-bond acceptors (Lipinski definition) is 4. The number of alkyl halides is 3. The molecule has 0 aromatic carbocycles. The lowest BCUT2D eigenvalue weighted by Crippen LogP contribution is -2.16. The Kier molecular flexibility index (Phi) is 5.16. The molecule has 0 atom stereocenters. The van der Waals surface area contributed by atoms with E-state index in [9.17, 15) is 13.2 Å². The molecule has 3 rings (SSSR count). The normalized spacial score (nSPS) is 20.6. The monoisotopic (exact) mass is 364 g/mol. The van der Waals surface area contributed by atoms with Gasteiger partial charge in [0, 0.05) is 31.1 Å². The van der Waals surface area contributed by atoms with Crippen LogP contribution >= 0.6 is 0 Å². The van der Waals surface area contributed by atoms with Gasteiger partial charge in [0.2, 0.25) is 5.88 Å². The van der Waals surface area contributed by atoms with Gasteiger partial charge in [-0.1, -0.05) is 0 Å². The van der Waals surface area contributed by atoms with Gasteiger partial charge < -0.3 is 9.30 Å². The van der Waals surface area contributed by atoms with Crippen molar-refractivity contribution in [1.82, 2.24) is 19.7 Å². The van der Waals surface area contributed by atoms with Gasteiger partial charge in [-0.3, -0.25) is 0 Å². The largest absolute Gasteiger partial charge is 0.469 e. The Bertz CT molecular complexity index is 801. The summed E-state index contributed by atoms with van der Waals surface area (Å²) >= 11 is 0. The van der Waals surface area contributed by atoms with Crippen molar-refractivity contribution >= 4 is 0 Å². The van der Waals surface area contributed by atoms with E-state index in [0.717, 1.165) is 49.8 Å². The van der Waals surface area contributed by atoms with Gasteiger partial charge >= 0.3 is 6.18 Å². The van der Waals surface area contributed by atoms with Crippen LogP contribution in [0.25, 0.3) is 0 Å². The molecule has 0 radical (unpaired) electrons. The van der Waals surface area contributed by atoms with E-state index in [2.05, 4.69) is 21.1 Å². The van der Waals surface area contributed by atoms with E-state index in [4.69, 9.17) is 11.2 Å². The van der Waals surface area contributed by atoms with Crippen LogP contribution in [0.15, 0.2) is 18.3 Å². The summed E-state index contributed by atoms with van der Waals surface area (Å²) in [5.74, 6) is 4.72. The first-order valence-corrected chi connectivity index (χ1v) is 8.39. The number of terminal acetylenes is 1. The molecule has 5 nitrogen and oxygen atoms in total. The third-order valence-electron chi connectivity index (χ3n) is 4.74. The number of hydrogen-bond donors (Lipinski definition) is 0. The fraction of sp³-hybridized carbons (Fsp3) is 0.500. The second kappa shape index (κ2) is 7.36. The highest BCUT2D eigenvalue weighted by Crippen LogP contribution is 2.34. The highest BCUT2D eigenvalue weighted by Gasteiger charge is 2.31. The molecule has 0 unspecified atom stereocenters. The highest BCUT2D eigenvalue weighted by atomic mass is 19.4. The molecule has 1 saturated carbocycles. The van der Waals surface area contributed by atoms with Crippen molar-refractivity contribution in [3.8, 4) is 18.2 Å². The fourth-order valence-electron chi connectivity index (χ4n) is 3.18. The van der Waals surface area contributed by atoms with Gasteiger partial charge in [0.15, 0.2) is 5.82 Å². The van der Waals surface area contributed by atoms with Crippen molar-refractivity contribution in [2.24, 2.45) is 13.0 Å². The predicted molar refractivity (Wildman–Crippen MR) is 88.1 cm³/mol. The van der Waals surface area contributed by atoms with Gasteiger partial charge in [-0.25, -0.2) is 4.98 Å². The van der Waals surface area contributed by atoms with Crippen LogP contribution in [0.4, 0.5) is 13.2 Å². The Balaban J connectivity index is 1.65. The van der Waals surface area contributed by atoms with Crippen LogP contribution in [-0.4, -0.2) is 19.7 Å². The van der Waals surface area contributed by atoms with Gasteiger partial charge in [-0.2, -0.15) is 13.2 Å². The van der Waals surface area contributed by atoms with Crippen LogP contribution in [0.2, 0.25) is 0 Å². The molecule has 1 aliphatic carbocycles. The van der Waals surface area contributed by atoms with E-state index in [1.165, 1.54) is 0 Å². The van der Waals surface area contributed by atoms with Crippen molar-refractivity contribution in [1.29, 1.82) is 0 Å². The first-order valence-electron chi connectivity index (χ1n) is 8.39. The van der Waals surface area contributed by atoms with Crippen LogP contribution in [0.5, 0.6) is 5.88 Å². The SMILES string of the molecule is C#CC1CCC(c2nnc(COc3cc(C(F)(F)F)ccn3)n2C)CC1. The lowest BCUT2D eigenvalue weighted by molar-refractivity contribution is -0.137. The van der Waals surface area contributed by atoms with Gasteiger partial charge in [0.1, 0.15) is 12.4 Å². The second-order valence-corrected chi connectivity index (χ2v) is 6.42. The summed E-state index contributed by atoms with van der Waals surface area (Å²) in [6, 6.07) is 1.78. The van der Waals surface area contributed by atoms with Crippen LogP contribution in [0, 0.1) is 18.3 Å². The molecule has 26 heavy (non-hydrogen) atoms. The van der Waals surface area contributed by atoms with Crippen LogP contribution in [-0.2, 0) is 19.8 Å². The Hall–Kier alpha value is -2.56. The molecule has 2 aromatic heterocycles. The van der Waals surface area contributed by atoms with Crippen molar-refractivity contribution < 1.29 is 17.9 Å². The van der Waals surface area contributed by atoms with E-state index in [1.807, 2.05) is 11.6 Å². The average Bonchev–Trinajstić information content (AvgIpc) is 3.00. The fourth-order valence-corrected chi connectivity index (χ4v) is 3.18. The number of nitrogens with zero attached hydrogens (tertiary/aromatic N) is 4.